The first kappa shape index (κ1) is 14.6. The largest absolute Gasteiger partial charge is 0.481 e. The van der Waals surface area contributed by atoms with E-state index in [9.17, 15) is 4.79 Å². The second-order valence-corrected chi connectivity index (χ2v) is 6.20. The molecular weight excluding hydrogens is 313 g/mol. The van der Waals surface area contributed by atoms with E-state index < -0.39 is 5.97 Å². The fourth-order valence-corrected chi connectivity index (χ4v) is 3.25. The number of carboxylic acid groups (broad SMARTS) is 1. The van der Waals surface area contributed by atoms with Crippen LogP contribution in [0.4, 0.5) is 0 Å². The van der Waals surface area contributed by atoms with Crippen LogP contribution in [-0.4, -0.2) is 38.4 Å². The fourth-order valence-electron chi connectivity index (χ4n) is 2.72. The minimum atomic E-state index is -0.691. The summed E-state index contributed by atoms with van der Waals surface area (Å²) in [6.45, 7) is 2.25. The molecule has 0 bridgehead atoms. The number of aliphatic carboxylic acids is 1. The molecule has 2 aromatic heterocycles. The number of nitrogens with zero attached hydrogens (tertiary/aromatic N) is 3. The molecule has 0 saturated carbocycles. The summed E-state index contributed by atoms with van der Waals surface area (Å²) in [6.07, 6.45) is 5.07. The number of hydrogen-bond acceptors (Lipinski definition) is 3. The smallest absolute Gasteiger partial charge is 0.306 e. The van der Waals surface area contributed by atoms with E-state index in [1.54, 1.807) is 12.3 Å². The van der Waals surface area contributed by atoms with Gasteiger partial charge in [0.1, 0.15) is 0 Å². The van der Waals surface area contributed by atoms with Crippen molar-refractivity contribution in [3.63, 3.8) is 0 Å². The van der Waals surface area contributed by atoms with Gasteiger partial charge in [0.15, 0.2) is 5.65 Å². The Morgan fingerprint density at radius 1 is 1.33 bits per heavy atom. The van der Waals surface area contributed by atoms with Gasteiger partial charge in [-0.1, -0.05) is 23.2 Å². The lowest BCUT2D eigenvalue weighted by atomic mass is 9.97. The molecule has 1 fully saturated rings. The lowest BCUT2D eigenvalue weighted by Crippen LogP contribution is -2.35. The summed E-state index contributed by atoms with van der Waals surface area (Å²) in [5.41, 5.74) is 1.60. The van der Waals surface area contributed by atoms with Crippen molar-refractivity contribution in [1.29, 1.82) is 0 Å². The molecule has 7 heteroatoms. The third-order valence-electron chi connectivity index (χ3n) is 3.85. The topological polar surface area (TPSA) is 57.8 Å². The van der Waals surface area contributed by atoms with Gasteiger partial charge in [-0.05, 0) is 32.0 Å². The van der Waals surface area contributed by atoms with Crippen LogP contribution in [0.1, 0.15) is 18.5 Å². The van der Waals surface area contributed by atoms with E-state index in [-0.39, 0.29) is 5.92 Å². The number of aromatic nitrogens is 2. The van der Waals surface area contributed by atoms with E-state index in [1.807, 2.05) is 10.6 Å². The minimum absolute atomic E-state index is 0.212. The Kier molecular flexibility index (Phi) is 4.06. The summed E-state index contributed by atoms with van der Waals surface area (Å²) < 4.78 is 1.82. The maximum absolute atomic E-state index is 10.9. The summed E-state index contributed by atoms with van der Waals surface area (Å²) in [4.78, 5) is 17.7. The first-order valence-corrected chi connectivity index (χ1v) is 7.56. The molecule has 0 amide bonds. The summed E-state index contributed by atoms with van der Waals surface area (Å²) in [7, 11) is 0. The zero-order valence-corrected chi connectivity index (χ0v) is 12.8. The van der Waals surface area contributed by atoms with Crippen LogP contribution in [0, 0.1) is 5.92 Å². The molecular formula is C14H15Cl2N3O2. The van der Waals surface area contributed by atoms with Crippen molar-refractivity contribution in [3.8, 4) is 0 Å². The van der Waals surface area contributed by atoms with Gasteiger partial charge >= 0.3 is 5.97 Å². The summed E-state index contributed by atoms with van der Waals surface area (Å²) in [6, 6.07) is 1.67. The summed E-state index contributed by atoms with van der Waals surface area (Å²) in [5, 5.41) is 10.1. The summed E-state index contributed by atoms with van der Waals surface area (Å²) >= 11 is 12.1. The van der Waals surface area contributed by atoms with Crippen LogP contribution in [0.2, 0.25) is 10.0 Å². The summed E-state index contributed by atoms with van der Waals surface area (Å²) in [5.74, 6) is -0.903. The molecule has 112 valence electrons. The Bertz CT molecular complexity index is 678. The standard InChI is InChI=1S/C14H15Cl2N3O2/c15-10-5-12(16)13-17-11(8-19(13)6-10)7-18-3-1-9(2-4-18)14(20)21/h5-6,8-9H,1-4,7H2,(H,20,21). The quantitative estimate of drug-likeness (QED) is 0.941. The van der Waals surface area contributed by atoms with Crippen LogP contribution in [-0.2, 0) is 11.3 Å². The number of carbonyl (C=O) groups is 1. The lowest BCUT2D eigenvalue weighted by Gasteiger charge is -2.29. The van der Waals surface area contributed by atoms with Gasteiger partial charge in [-0.15, -0.1) is 0 Å². The van der Waals surface area contributed by atoms with Crippen molar-refractivity contribution >= 4 is 34.8 Å². The molecule has 0 aromatic carbocycles. The lowest BCUT2D eigenvalue weighted by molar-refractivity contribution is -0.143. The predicted octanol–water partition coefficient (Wildman–Crippen LogP) is 2.94. The van der Waals surface area contributed by atoms with Crippen molar-refractivity contribution in [2.75, 3.05) is 13.1 Å². The van der Waals surface area contributed by atoms with Gasteiger partial charge in [-0.3, -0.25) is 9.69 Å². The maximum Gasteiger partial charge on any atom is 0.306 e. The number of pyridine rings is 1. The number of halogens is 2. The van der Waals surface area contributed by atoms with Crippen LogP contribution in [0.5, 0.6) is 0 Å². The molecule has 2 aromatic rings. The zero-order valence-electron chi connectivity index (χ0n) is 11.3. The average Bonchev–Trinajstić information content (AvgIpc) is 2.82. The van der Waals surface area contributed by atoms with Gasteiger partial charge in [0.25, 0.3) is 0 Å². The van der Waals surface area contributed by atoms with Crippen molar-refractivity contribution in [1.82, 2.24) is 14.3 Å². The monoisotopic (exact) mass is 327 g/mol. The van der Waals surface area contributed by atoms with Gasteiger partial charge in [0.05, 0.1) is 21.7 Å². The van der Waals surface area contributed by atoms with Crippen LogP contribution in [0.25, 0.3) is 5.65 Å². The first-order chi connectivity index (χ1) is 10.0. The molecule has 0 spiro atoms. The van der Waals surface area contributed by atoms with Crippen LogP contribution < -0.4 is 0 Å². The number of rotatable bonds is 3. The highest BCUT2D eigenvalue weighted by Gasteiger charge is 2.24. The maximum atomic E-state index is 10.9. The second kappa shape index (κ2) is 5.83. The average molecular weight is 328 g/mol. The van der Waals surface area contributed by atoms with Crippen LogP contribution in [0.15, 0.2) is 18.5 Å². The van der Waals surface area contributed by atoms with E-state index in [2.05, 4.69) is 9.88 Å². The van der Waals surface area contributed by atoms with E-state index in [4.69, 9.17) is 28.3 Å². The van der Waals surface area contributed by atoms with E-state index in [0.717, 1.165) is 18.8 Å². The molecule has 21 heavy (non-hydrogen) atoms. The molecule has 1 aliphatic rings. The first-order valence-electron chi connectivity index (χ1n) is 6.81. The molecule has 3 rings (SSSR count). The molecule has 0 unspecified atom stereocenters. The zero-order chi connectivity index (χ0) is 15.0. The van der Waals surface area contributed by atoms with Crippen molar-refractivity contribution in [2.45, 2.75) is 19.4 Å². The van der Waals surface area contributed by atoms with E-state index >= 15 is 0 Å². The van der Waals surface area contributed by atoms with Crippen molar-refractivity contribution in [2.24, 2.45) is 5.92 Å². The molecule has 0 aliphatic carbocycles. The molecule has 0 radical (unpaired) electrons. The Balaban J connectivity index is 1.71. The fraction of sp³-hybridized carbons (Fsp3) is 0.429. The number of fused-ring (bicyclic) bond motifs is 1. The van der Waals surface area contributed by atoms with Crippen LogP contribution >= 0.6 is 23.2 Å². The Morgan fingerprint density at radius 2 is 2.05 bits per heavy atom. The van der Waals surface area contributed by atoms with Crippen molar-refractivity contribution in [3.05, 3.63) is 34.2 Å². The van der Waals surface area contributed by atoms with Gasteiger partial charge in [-0.2, -0.15) is 0 Å². The predicted molar refractivity (Wildman–Crippen MR) is 80.8 cm³/mol. The molecule has 1 aliphatic heterocycles. The molecule has 0 atom stereocenters. The molecule has 1 saturated heterocycles. The number of imidazole rings is 1. The van der Waals surface area contributed by atoms with Gasteiger partial charge in [-0.25, -0.2) is 4.98 Å². The van der Waals surface area contributed by atoms with Gasteiger partial charge in [0, 0.05) is 18.9 Å². The highest BCUT2D eigenvalue weighted by atomic mass is 35.5. The number of hydrogen-bond donors (Lipinski definition) is 1. The van der Waals surface area contributed by atoms with Crippen LogP contribution in [0.3, 0.4) is 0 Å². The third kappa shape index (κ3) is 3.15. The Labute approximate surface area is 132 Å². The highest BCUT2D eigenvalue weighted by molar-refractivity contribution is 6.36. The van der Waals surface area contributed by atoms with Gasteiger partial charge in [0.2, 0.25) is 0 Å². The Morgan fingerprint density at radius 3 is 2.71 bits per heavy atom. The van der Waals surface area contributed by atoms with Gasteiger partial charge < -0.3 is 9.51 Å². The second-order valence-electron chi connectivity index (χ2n) is 5.36. The normalized spacial score (nSPS) is 17.4. The minimum Gasteiger partial charge on any atom is -0.481 e. The van der Waals surface area contributed by atoms with Crippen molar-refractivity contribution < 1.29 is 9.90 Å². The molecule has 5 nitrogen and oxygen atoms in total. The van der Waals surface area contributed by atoms with E-state index in [0.29, 0.717) is 35.1 Å². The highest BCUT2D eigenvalue weighted by Crippen LogP contribution is 2.23. The van der Waals surface area contributed by atoms with E-state index in [1.165, 1.54) is 0 Å². The number of likely N-dealkylation sites (tertiary alicyclic amines) is 1. The number of carboxylic acids is 1. The third-order valence-corrected chi connectivity index (χ3v) is 4.33. The molecule has 3 heterocycles. The number of piperidine rings is 1. The SMILES string of the molecule is O=C(O)C1CCN(Cc2cn3cc(Cl)cc(Cl)c3n2)CC1. The molecule has 1 N–H and O–H groups in total. The Hall–Kier alpha value is -1.30.